The van der Waals surface area contributed by atoms with E-state index in [1.165, 1.54) is 36.1 Å². The highest BCUT2D eigenvalue weighted by molar-refractivity contribution is 6.03. The number of furan rings is 1. The minimum Gasteiger partial charge on any atom is -0.434 e. The molecular formula is C20H25N3O. The molecule has 24 heavy (non-hydrogen) atoms. The van der Waals surface area contributed by atoms with Gasteiger partial charge in [-0.05, 0) is 55.1 Å². The van der Waals surface area contributed by atoms with Gasteiger partial charge in [-0.1, -0.05) is 27.2 Å². The molecule has 126 valence electrons. The number of pyridine rings is 1. The minimum atomic E-state index is 0.589. The minimum absolute atomic E-state index is 0.589. The van der Waals surface area contributed by atoms with Crippen LogP contribution in [0.4, 0.5) is 0 Å². The fraction of sp³-hybridized carbons (Fsp3) is 0.550. The largest absolute Gasteiger partial charge is 0.434 e. The second-order valence-corrected chi connectivity index (χ2v) is 7.44. The Hall–Kier alpha value is -1.97. The van der Waals surface area contributed by atoms with Crippen molar-refractivity contribution in [1.82, 2.24) is 15.0 Å². The normalized spacial score (nSPS) is 17.8. The average Bonchev–Trinajstić information content (AvgIpc) is 2.93. The summed E-state index contributed by atoms with van der Waals surface area (Å²) >= 11 is 0. The predicted molar refractivity (Wildman–Crippen MR) is 96.2 cm³/mol. The van der Waals surface area contributed by atoms with Gasteiger partial charge < -0.3 is 4.42 Å². The molecule has 0 radical (unpaired) electrons. The van der Waals surface area contributed by atoms with Gasteiger partial charge in [0.1, 0.15) is 11.8 Å². The zero-order valence-electron chi connectivity index (χ0n) is 14.8. The lowest BCUT2D eigenvalue weighted by Gasteiger charge is -2.29. The highest BCUT2D eigenvalue weighted by atomic mass is 16.3. The van der Waals surface area contributed by atoms with Crippen LogP contribution in [0.25, 0.3) is 22.2 Å². The molecule has 0 fully saturated rings. The third kappa shape index (κ3) is 2.48. The lowest BCUT2D eigenvalue weighted by atomic mass is 9.76. The van der Waals surface area contributed by atoms with Gasteiger partial charge in [-0.15, -0.1) is 0 Å². The van der Waals surface area contributed by atoms with E-state index in [0.29, 0.717) is 11.8 Å². The molecule has 3 aromatic rings. The smallest absolute Gasteiger partial charge is 0.229 e. The van der Waals surface area contributed by atoms with Crippen LogP contribution in [0.3, 0.4) is 0 Å². The molecule has 0 spiro atoms. The van der Waals surface area contributed by atoms with Crippen molar-refractivity contribution < 1.29 is 4.42 Å². The number of hydrogen-bond acceptors (Lipinski definition) is 4. The first-order valence-electron chi connectivity index (χ1n) is 9.22. The molecular weight excluding hydrogens is 298 g/mol. The molecule has 4 heteroatoms. The molecule has 0 aromatic carbocycles. The molecule has 1 aliphatic rings. The quantitative estimate of drug-likeness (QED) is 0.663. The third-order valence-electron chi connectivity index (χ3n) is 5.15. The molecule has 0 saturated heterocycles. The topological polar surface area (TPSA) is 51.8 Å². The van der Waals surface area contributed by atoms with Gasteiger partial charge in [-0.3, -0.25) is 0 Å². The van der Waals surface area contributed by atoms with Gasteiger partial charge >= 0.3 is 0 Å². The molecule has 4 rings (SSSR count). The van der Waals surface area contributed by atoms with E-state index in [1.54, 1.807) is 12.5 Å². The van der Waals surface area contributed by atoms with Crippen LogP contribution in [-0.2, 0) is 12.8 Å². The van der Waals surface area contributed by atoms with E-state index in [-0.39, 0.29) is 0 Å². The summed E-state index contributed by atoms with van der Waals surface area (Å²) in [4.78, 5) is 13.5. The summed E-state index contributed by atoms with van der Waals surface area (Å²) in [5.74, 6) is 1.28. The zero-order valence-corrected chi connectivity index (χ0v) is 14.8. The highest BCUT2D eigenvalue weighted by Crippen LogP contribution is 2.43. The van der Waals surface area contributed by atoms with E-state index in [0.717, 1.165) is 41.5 Å². The predicted octanol–water partition coefficient (Wildman–Crippen LogP) is 5.19. The Kier molecular flexibility index (Phi) is 3.99. The molecule has 3 aromatic heterocycles. The van der Waals surface area contributed by atoms with Crippen molar-refractivity contribution in [3.63, 3.8) is 0 Å². The van der Waals surface area contributed by atoms with Crippen molar-refractivity contribution in [3.8, 4) is 0 Å². The highest BCUT2D eigenvalue weighted by Gasteiger charge is 2.29. The Morgan fingerprint density at radius 3 is 3.00 bits per heavy atom. The van der Waals surface area contributed by atoms with E-state index in [1.807, 2.05) is 0 Å². The maximum absolute atomic E-state index is 6.02. The van der Waals surface area contributed by atoms with Crippen LogP contribution in [0.15, 0.2) is 16.9 Å². The fourth-order valence-electron chi connectivity index (χ4n) is 4.30. The summed E-state index contributed by atoms with van der Waals surface area (Å²) < 4.78 is 6.02. The van der Waals surface area contributed by atoms with E-state index in [2.05, 4.69) is 30.7 Å². The van der Waals surface area contributed by atoms with Gasteiger partial charge in [-0.25, -0.2) is 15.0 Å². The molecule has 4 nitrogen and oxygen atoms in total. The van der Waals surface area contributed by atoms with Gasteiger partial charge in [0, 0.05) is 5.69 Å². The molecule has 0 bridgehead atoms. The van der Waals surface area contributed by atoms with E-state index in [4.69, 9.17) is 9.40 Å². The van der Waals surface area contributed by atoms with Gasteiger partial charge in [0.05, 0.1) is 11.6 Å². The summed E-state index contributed by atoms with van der Waals surface area (Å²) in [6.45, 7) is 6.85. The Labute approximate surface area is 142 Å². The lowest BCUT2D eigenvalue weighted by Crippen LogP contribution is -2.15. The van der Waals surface area contributed by atoms with Crippen LogP contribution < -0.4 is 0 Å². The van der Waals surface area contributed by atoms with Crippen molar-refractivity contribution in [2.24, 2.45) is 5.92 Å². The molecule has 1 unspecified atom stereocenters. The number of fused-ring (bicyclic) bond motifs is 5. The molecule has 0 aliphatic heterocycles. The van der Waals surface area contributed by atoms with Crippen molar-refractivity contribution in [2.45, 2.75) is 65.2 Å². The van der Waals surface area contributed by atoms with Gasteiger partial charge in [0.2, 0.25) is 5.71 Å². The molecule has 0 N–H and O–H groups in total. The van der Waals surface area contributed by atoms with Crippen molar-refractivity contribution >= 4 is 22.2 Å². The van der Waals surface area contributed by atoms with Gasteiger partial charge in [0.25, 0.3) is 0 Å². The second kappa shape index (κ2) is 6.15. The second-order valence-electron chi connectivity index (χ2n) is 7.44. The fourth-order valence-corrected chi connectivity index (χ4v) is 4.30. The molecule has 1 atom stereocenters. The number of nitrogens with zero attached hydrogens (tertiary/aromatic N) is 3. The Morgan fingerprint density at radius 1 is 1.33 bits per heavy atom. The van der Waals surface area contributed by atoms with Crippen LogP contribution >= 0.6 is 0 Å². The Bertz CT molecular complexity index is 881. The van der Waals surface area contributed by atoms with Crippen LogP contribution in [0.2, 0.25) is 0 Å². The summed E-state index contributed by atoms with van der Waals surface area (Å²) in [6.07, 6.45) is 10.4. The average molecular weight is 323 g/mol. The van der Waals surface area contributed by atoms with Crippen molar-refractivity contribution in [2.75, 3.05) is 0 Å². The van der Waals surface area contributed by atoms with Crippen molar-refractivity contribution in [1.29, 1.82) is 0 Å². The first kappa shape index (κ1) is 15.6. The summed E-state index contributed by atoms with van der Waals surface area (Å²) in [7, 11) is 0. The number of hydrogen-bond donors (Lipinski definition) is 0. The van der Waals surface area contributed by atoms with Crippen molar-refractivity contribution in [3.05, 3.63) is 29.3 Å². The Balaban J connectivity index is 2.04. The summed E-state index contributed by atoms with van der Waals surface area (Å²) in [5.41, 5.74) is 6.62. The monoisotopic (exact) mass is 323 g/mol. The first-order chi connectivity index (χ1) is 11.7. The third-order valence-corrected chi connectivity index (χ3v) is 5.15. The van der Waals surface area contributed by atoms with E-state index < -0.39 is 0 Å². The summed E-state index contributed by atoms with van der Waals surface area (Å²) in [5, 5.41) is 1.15. The number of aryl methyl sites for hydroxylation is 1. The molecule has 3 heterocycles. The van der Waals surface area contributed by atoms with Crippen LogP contribution in [-0.4, -0.2) is 15.0 Å². The maximum Gasteiger partial charge on any atom is 0.229 e. The zero-order chi connectivity index (χ0) is 16.7. The molecule has 0 amide bonds. The SMILES string of the molecule is CCCc1nc2oc3cncnc3c2c2c1CCCC2CC(C)C. The van der Waals surface area contributed by atoms with Crippen LogP contribution in [0.1, 0.15) is 69.2 Å². The number of aromatic nitrogens is 3. The molecule has 0 saturated carbocycles. The Morgan fingerprint density at radius 2 is 2.21 bits per heavy atom. The summed E-state index contributed by atoms with van der Waals surface area (Å²) in [6, 6.07) is 0. The van der Waals surface area contributed by atoms with E-state index >= 15 is 0 Å². The lowest BCUT2D eigenvalue weighted by molar-refractivity contribution is 0.448. The van der Waals surface area contributed by atoms with Gasteiger partial charge in [-0.2, -0.15) is 0 Å². The standard InChI is InChI=1S/C20H25N3O/c1-4-6-15-14-8-5-7-13(9-12(2)3)17(14)18-19-16(10-21-11-22-19)24-20(18)23-15/h10-13H,4-9H2,1-3H3. The van der Waals surface area contributed by atoms with Crippen LogP contribution in [0.5, 0.6) is 0 Å². The first-order valence-corrected chi connectivity index (χ1v) is 9.22. The number of rotatable bonds is 4. The van der Waals surface area contributed by atoms with Crippen LogP contribution in [0, 0.1) is 5.92 Å². The molecule has 1 aliphatic carbocycles. The van der Waals surface area contributed by atoms with E-state index in [9.17, 15) is 0 Å². The maximum atomic E-state index is 6.02. The van der Waals surface area contributed by atoms with Gasteiger partial charge in [0.15, 0.2) is 5.58 Å².